The van der Waals surface area contributed by atoms with Crippen LogP contribution in [0.25, 0.3) is 6.08 Å². The Hall–Kier alpha value is -3.42. The molecule has 7 nitrogen and oxygen atoms in total. The lowest BCUT2D eigenvalue weighted by molar-refractivity contribution is -0.129. The number of aliphatic hydroxyl groups excluding tert-OH is 1. The molecule has 2 aliphatic rings. The normalized spacial score (nSPS) is 19.3. The van der Waals surface area contributed by atoms with E-state index >= 15 is 0 Å². The van der Waals surface area contributed by atoms with Gasteiger partial charge >= 0.3 is 0 Å². The second kappa shape index (κ2) is 11.1. The van der Waals surface area contributed by atoms with Crippen LogP contribution >= 0.6 is 0 Å². The lowest BCUT2D eigenvalue weighted by atomic mass is 9.94. The molecule has 34 heavy (non-hydrogen) atoms. The Balaban J connectivity index is 1.60. The Labute approximate surface area is 199 Å². The second-order valence-corrected chi connectivity index (χ2v) is 8.32. The molecular formula is C27H30N2O5. The molecule has 1 fully saturated rings. The summed E-state index contributed by atoms with van der Waals surface area (Å²) < 4.78 is 10.9. The second-order valence-electron chi connectivity index (χ2n) is 8.32. The standard InChI is InChI=1S/C27H30N2O5/c1-33-23-11-6-5-10-21(23)25-24(22(30)13-12-20-8-3-2-4-9-20)26(31)27(32)29(25)15-7-14-28-16-18-34-19-17-28/h2-6,8-13,25,31H,7,14-19H2,1H3/b13-12+/t25-/m0/s1. The molecule has 0 bridgehead atoms. The van der Waals surface area contributed by atoms with Crippen molar-refractivity contribution < 1.29 is 24.2 Å². The topological polar surface area (TPSA) is 79.3 Å². The van der Waals surface area contributed by atoms with Crippen molar-refractivity contribution in [3.63, 3.8) is 0 Å². The van der Waals surface area contributed by atoms with Crippen molar-refractivity contribution in [1.82, 2.24) is 9.80 Å². The molecule has 0 unspecified atom stereocenters. The Morgan fingerprint density at radius 2 is 1.79 bits per heavy atom. The van der Waals surface area contributed by atoms with Crippen molar-refractivity contribution in [2.45, 2.75) is 12.5 Å². The lowest BCUT2D eigenvalue weighted by Crippen LogP contribution is -2.39. The number of rotatable bonds is 9. The highest BCUT2D eigenvalue weighted by atomic mass is 16.5. The van der Waals surface area contributed by atoms with Crippen LogP contribution in [0.1, 0.15) is 23.6 Å². The fourth-order valence-corrected chi connectivity index (χ4v) is 4.47. The van der Waals surface area contributed by atoms with Gasteiger partial charge in [-0.25, -0.2) is 0 Å². The van der Waals surface area contributed by atoms with Crippen LogP contribution in [0, 0.1) is 0 Å². The van der Waals surface area contributed by atoms with E-state index in [1.807, 2.05) is 48.5 Å². The van der Waals surface area contributed by atoms with Gasteiger partial charge in [-0.3, -0.25) is 14.5 Å². The minimum Gasteiger partial charge on any atom is -0.503 e. The molecule has 1 atom stereocenters. The first-order valence-electron chi connectivity index (χ1n) is 11.5. The fraction of sp³-hybridized carbons (Fsp3) is 0.333. The van der Waals surface area contributed by atoms with Gasteiger partial charge in [0.05, 0.1) is 31.9 Å². The summed E-state index contributed by atoms with van der Waals surface area (Å²) in [4.78, 5) is 30.3. The van der Waals surface area contributed by atoms with Crippen molar-refractivity contribution in [1.29, 1.82) is 0 Å². The highest BCUT2D eigenvalue weighted by Gasteiger charge is 2.43. The molecule has 0 aromatic heterocycles. The maximum absolute atomic E-state index is 13.3. The van der Waals surface area contributed by atoms with E-state index in [0.717, 1.165) is 25.2 Å². The third-order valence-electron chi connectivity index (χ3n) is 6.21. The van der Waals surface area contributed by atoms with E-state index in [4.69, 9.17) is 9.47 Å². The largest absolute Gasteiger partial charge is 0.503 e. The average Bonchev–Trinajstić information content (AvgIpc) is 3.13. The predicted octanol–water partition coefficient (Wildman–Crippen LogP) is 3.40. The molecule has 1 N–H and O–H groups in total. The molecule has 0 radical (unpaired) electrons. The number of amides is 1. The molecule has 178 valence electrons. The van der Waals surface area contributed by atoms with Crippen LogP contribution in [0.2, 0.25) is 0 Å². The van der Waals surface area contributed by atoms with E-state index in [0.29, 0.717) is 37.5 Å². The number of nitrogens with zero attached hydrogens (tertiary/aromatic N) is 2. The van der Waals surface area contributed by atoms with Crippen molar-refractivity contribution >= 4 is 17.8 Å². The molecule has 2 heterocycles. The first-order chi connectivity index (χ1) is 16.6. The molecule has 2 aromatic rings. The highest BCUT2D eigenvalue weighted by molar-refractivity contribution is 6.14. The summed E-state index contributed by atoms with van der Waals surface area (Å²) in [5.74, 6) is -0.869. The number of morpholine rings is 1. The summed E-state index contributed by atoms with van der Waals surface area (Å²) in [7, 11) is 1.55. The molecule has 0 saturated carbocycles. The Morgan fingerprint density at radius 1 is 1.09 bits per heavy atom. The van der Waals surface area contributed by atoms with E-state index in [2.05, 4.69) is 4.90 Å². The van der Waals surface area contributed by atoms with Crippen LogP contribution in [0.4, 0.5) is 0 Å². The summed E-state index contributed by atoms with van der Waals surface area (Å²) in [6.45, 7) is 4.36. The first-order valence-corrected chi connectivity index (χ1v) is 11.5. The molecule has 2 aliphatic heterocycles. The van der Waals surface area contributed by atoms with Crippen molar-refractivity contribution in [2.24, 2.45) is 0 Å². The highest BCUT2D eigenvalue weighted by Crippen LogP contribution is 2.41. The number of methoxy groups -OCH3 is 1. The zero-order valence-corrected chi connectivity index (χ0v) is 19.4. The van der Waals surface area contributed by atoms with Gasteiger partial charge < -0.3 is 19.5 Å². The third-order valence-corrected chi connectivity index (χ3v) is 6.21. The number of carbonyl (C=O) groups is 2. The number of ketones is 1. The molecular weight excluding hydrogens is 432 g/mol. The number of para-hydroxylation sites is 1. The molecule has 7 heteroatoms. The third kappa shape index (κ3) is 5.21. The zero-order chi connectivity index (χ0) is 23.9. The number of aliphatic hydroxyl groups is 1. The van der Waals surface area contributed by atoms with E-state index in [9.17, 15) is 14.7 Å². The smallest absolute Gasteiger partial charge is 0.290 e. The summed E-state index contributed by atoms with van der Waals surface area (Å²) in [5, 5.41) is 10.8. The summed E-state index contributed by atoms with van der Waals surface area (Å²) in [5.41, 5.74) is 1.61. The van der Waals surface area contributed by atoms with E-state index < -0.39 is 23.5 Å². The van der Waals surface area contributed by atoms with E-state index in [-0.39, 0.29) is 5.57 Å². The Bertz CT molecular complexity index is 1070. The molecule has 2 aromatic carbocycles. The van der Waals surface area contributed by atoms with Crippen LogP contribution in [0.3, 0.4) is 0 Å². The van der Waals surface area contributed by atoms with Crippen molar-refractivity contribution in [3.8, 4) is 5.75 Å². The SMILES string of the molecule is COc1ccccc1[C@H]1C(C(=O)/C=C/c2ccccc2)=C(O)C(=O)N1CCCN1CCOCC1. The van der Waals surface area contributed by atoms with Crippen LogP contribution in [0.15, 0.2) is 72.0 Å². The number of hydrogen-bond donors (Lipinski definition) is 1. The fourth-order valence-electron chi connectivity index (χ4n) is 4.47. The Kier molecular flexibility index (Phi) is 7.77. The number of allylic oxidation sites excluding steroid dienone is 1. The maximum Gasteiger partial charge on any atom is 0.290 e. The van der Waals surface area contributed by atoms with Gasteiger partial charge in [0.15, 0.2) is 11.5 Å². The minimum atomic E-state index is -0.721. The molecule has 0 spiro atoms. The molecule has 4 rings (SSSR count). The van der Waals surface area contributed by atoms with Gasteiger partial charge in [0.1, 0.15) is 5.75 Å². The van der Waals surface area contributed by atoms with Crippen molar-refractivity contribution in [2.75, 3.05) is 46.5 Å². The number of ether oxygens (including phenoxy) is 2. The number of benzene rings is 2. The van der Waals surface area contributed by atoms with Crippen LogP contribution < -0.4 is 4.74 Å². The predicted molar refractivity (Wildman–Crippen MR) is 129 cm³/mol. The van der Waals surface area contributed by atoms with Gasteiger partial charge in [-0.1, -0.05) is 54.6 Å². The number of hydrogen-bond acceptors (Lipinski definition) is 6. The summed E-state index contributed by atoms with van der Waals surface area (Å²) >= 11 is 0. The van der Waals surface area contributed by atoms with Crippen LogP contribution in [-0.2, 0) is 14.3 Å². The Morgan fingerprint density at radius 3 is 2.53 bits per heavy atom. The summed E-state index contributed by atoms with van der Waals surface area (Å²) in [6, 6.07) is 16.0. The molecule has 1 saturated heterocycles. The summed E-state index contributed by atoms with van der Waals surface area (Å²) in [6.07, 6.45) is 3.81. The van der Waals surface area contributed by atoms with Gasteiger partial charge in [-0.2, -0.15) is 0 Å². The van der Waals surface area contributed by atoms with Gasteiger partial charge in [0.2, 0.25) is 0 Å². The monoisotopic (exact) mass is 462 g/mol. The quantitative estimate of drug-likeness (QED) is 0.576. The van der Waals surface area contributed by atoms with Crippen LogP contribution in [0.5, 0.6) is 5.75 Å². The average molecular weight is 463 g/mol. The maximum atomic E-state index is 13.3. The molecule has 1 amide bonds. The first kappa shape index (κ1) is 23.7. The van der Waals surface area contributed by atoms with Crippen molar-refractivity contribution in [3.05, 3.63) is 83.1 Å². The van der Waals surface area contributed by atoms with Gasteiger partial charge in [-0.15, -0.1) is 0 Å². The van der Waals surface area contributed by atoms with Gasteiger partial charge in [0.25, 0.3) is 5.91 Å². The lowest BCUT2D eigenvalue weighted by Gasteiger charge is -2.30. The number of carbonyl (C=O) groups excluding carboxylic acids is 2. The zero-order valence-electron chi connectivity index (χ0n) is 19.4. The van der Waals surface area contributed by atoms with Crippen LogP contribution in [-0.4, -0.2) is 73.1 Å². The molecule has 0 aliphatic carbocycles. The van der Waals surface area contributed by atoms with Gasteiger partial charge in [-0.05, 0) is 24.1 Å². The van der Waals surface area contributed by atoms with Gasteiger partial charge in [0, 0.05) is 31.7 Å². The van der Waals surface area contributed by atoms with E-state index in [1.165, 1.54) is 6.08 Å². The van der Waals surface area contributed by atoms with E-state index in [1.54, 1.807) is 24.2 Å². The minimum absolute atomic E-state index is 0.0769.